The molecule has 1 fully saturated rings. The first-order valence-corrected chi connectivity index (χ1v) is 11.5. The third kappa shape index (κ3) is 5.69. The number of sulfone groups is 1. The van der Waals surface area contributed by atoms with E-state index in [1.54, 1.807) is 42.5 Å². The van der Waals surface area contributed by atoms with Crippen LogP contribution in [0.4, 0.5) is 10.1 Å². The van der Waals surface area contributed by atoms with Crippen LogP contribution in [-0.4, -0.2) is 64.3 Å². The third-order valence-corrected chi connectivity index (χ3v) is 6.54. The molecule has 1 aliphatic rings. The van der Waals surface area contributed by atoms with Gasteiger partial charge >= 0.3 is 0 Å². The summed E-state index contributed by atoms with van der Waals surface area (Å²) in [7, 11) is -3.34. The molecule has 0 aliphatic carbocycles. The highest BCUT2D eigenvalue weighted by molar-refractivity contribution is 7.91. The molecule has 2 aromatic rings. The Balaban J connectivity index is 1.59. The lowest BCUT2D eigenvalue weighted by Gasteiger charge is -2.37. The second kappa shape index (κ2) is 9.73. The van der Waals surface area contributed by atoms with Crippen molar-refractivity contribution in [3.05, 3.63) is 60.4 Å². The van der Waals surface area contributed by atoms with Gasteiger partial charge in [0.1, 0.15) is 5.82 Å². The van der Waals surface area contributed by atoms with Crippen molar-refractivity contribution in [2.75, 3.05) is 49.9 Å². The minimum atomic E-state index is -3.34. The van der Waals surface area contributed by atoms with E-state index in [9.17, 15) is 12.8 Å². The van der Waals surface area contributed by atoms with Crippen molar-refractivity contribution < 1.29 is 12.8 Å². The van der Waals surface area contributed by atoms with E-state index in [1.807, 2.05) is 6.92 Å². The number of halogens is 1. The molecule has 0 saturated carbocycles. The molecular weight excluding hydrogens is 391 g/mol. The van der Waals surface area contributed by atoms with E-state index < -0.39 is 9.84 Å². The smallest absolute Gasteiger partial charge is 0.194 e. The van der Waals surface area contributed by atoms with E-state index >= 15 is 0 Å². The van der Waals surface area contributed by atoms with E-state index in [0.717, 1.165) is 37.8 Å². The lowest BCUT2D eigenvalue weighted by molar-refractivity contribution is 0.373. The van der Waals surface area contributed by atoms with Gasteiger partial charge in [-0.25, -0.2) is 12.8 Å². The molecule has 0 aromatic heterocycles. The molecule has 0 atom stereocenters. The van der Waals surface area contributed by atoms with Crippen LogP contribution in [-0.2, 0) is 9.84 Å². The highest BCUT2D eigenvalue weighted by Gasteiger charge is 2.20. The van der Waals surface area contributed by atoms with Gasteiger partial charge in [-0.2, -0.15) is 0 Å². The summed E-state index contributed by atoms with van der Waals surface area (Å²) in [5.74, 6) is 0.468. The number of piperazine rings is 1. The fraction of sp³-hybridized carbons (Fsp3) is 0.381. The molecule has 6 nitrogen and oxygen atoms in total. The van der Waals surface area contributed by atoms with Crippen LogP contribution in [0.25, 0.3) is 0 Å². The van der Waals surface area contributed by atoms with Crippen LogP contribution in [0.1, 0.15) is 6.92 Å². The normalized spacial score (nSPS) is 15.4. The second-order valence-corrected chi connectivity index (χ2v) is 8.93. The zero-order valence-electron chi connectivity index (χ0n) is 16.6. The minimum absolute atomic E-state index is 0.0263. The maximum absolute atomic E-state index is 13.1. The van der Waals surface area contributed by atoms with Gasteiger partial charge in [0.2, 0.25) is 0 Å². The Bertz CT molecular complexity index is 909. The zero-order chi connectivity index (χ0) is 20.7. The van der Waals surface area contributed by atoms with E-state index in [-0.39, 0.29) is 18.1 Å². The van der Waals surface area contributed by atoms with Gasteiger partial charge in [-0.3, -0.25) is 4.99 Å². The van der Waals surface area contributed by atoms with Crippen molar-refractivity contribution in [1.82, 2.24) is 10.2 Å². The largest absolute Gasteiger partial charge is 0.368 e. The molecule has 2 aromatic carbocycles. The van der Waals surface area contributed by atoms with Crippen molar-refractivity contribution in [2.24, 2.45) is 4.99 Å². The number of hydrogen-bond acceptors (Lipinski definition) is 4. The molecule has 0 amide bonds. The predicted octanol–water partition coefficient (Wildman–Crippen LogP) is 2.39. The average molecular weight is 419 g/mol. The maximum atomic E-state index is 13.1. The lowest BCUT2D eigenvalue weighted by Crippen LogP contribution is -2.52. The van der Waals surface area contributed by atoms with E-state index in [2.05, 4.69) is 20.1 Å². The average Bonchev–Trinajstić information content (AvgIpc) is 2.74. The first kappa shape index (κ1) is 21.1. The topological polar surface area (TPSA) is 65.0 Å². The Labute approximate surface area is 172 Å². The predicted molar refractivity (Wildman–Crippen MR) is 115 cm³/mol. The Morgan fingerprint density at radius 2 is 1.69 bits per heavy atom. The monoisotopic (exact) mass is 418 g/mol. The third-order valence-electron chi connectivity index (χ3n) is 4.83. The molecular formula is C21H27FN4O2S. The number of guanidine groups is 1. The molecule has 0 radical (unpaired) electrons. The van der Waals surface area contributed by atoms with Crippen LogP contribution in [0.2, 0.25) is 0 Å². The van der Waals surface area contributed by atoms with Crippen LogP contribution in [0.15, 0.2) is 64.5 Å². The summed E-state index contributed by atoms with van der Waals surface area (Å²) >= 11 is 0. The SMILES string of the molecule is CCNC(=NCCS(=O)(=O)c1ccccc1)N1CCN(c2ccc(F)cc2)CC1. The van der Waals surface area contributed by atoms with Crippen LogP contribution in [0, 0.1) is 5.82 Å². The van der Waals surface area contributed by atoms with Gasteiger partial charge in [0.25, 0.3) is 0 Å². The molecule has 0 spiro atoms. The number of benzene rings is 2. The van der Waals surface area contributed by atoms with Gasteiger partial charge in [0.05, 0.1) is 17.2 Å². The molecule has 1 saturated heterocycles. The van der Waals surface area contributed by atoms with Crippen LogP contribution in [0.5, 0.6) is 0 Å². The highest BCUT2D eigenvalue weighted by atomic mass is 32.2. The van der Waals surface area contributed by atoms with E-state index in [4.69, 9.17) is 0 Å². The lowest BCUT2D eigenvalue weighted by atomic mass is 10.2. The molecule has 1 N–H and O–H groups in total. The number of rotatable bonds is 6. The van der Waals surface area contributed by atoms with Gasteiger partial charge in [0.15, 0.2) is 15.8 Å². The summed E-state index contributed by atoms with van der Waals surface area (Å²) in [6.45, 7) is 6.01. The fourth-order valence-corrected chi connectivity index (χ4v) is 4.41. The molecule has 0 bridgehead atoms. The summed E-state index contributed by atoms with van der Waals surface area (Å²) < 4.78 is 38.0. The van der Waals surface area contributed by atoms with Gasteiger partial charge in [-0.15, -0.1) is 0 Å². The van der Waals surface area contributed by atoms with Crippen LogP contribution < -0.4 is 10.2 Å². The second-order valence-electron chi connectivity index (χ2n) is 6.82. The molecule has 8 heteroatoms. The van der Waals surface area contributed by atoms with Gasteiger partial charge in [-0.05, 0) is 43.3 Å². The first-order valence-electron chi connectivity index (χ1n) is 9.81. The summed E-state index contributed by atoms with van der Waals surface area (Å²) in [6.07, 6.45) is 0. The number of nitrogens with one attached hydrogen (secondary N) is 1. The quantitative estimate of drug-likeness (QED) is 0.576. The van der Waals surface area contributed by atoms with Crippen molar-refractivity contribution in [2.45, 2.75) is 11.8 Å². The maximum Gasteiger partial charge on any atom is 0.194 e. The van der Waals surface area contributed by atoms with Gasteiger partial charge in [-0.1, -0.05) is 18.2 Å². The van der Waals surface area contributed by atoms with E-state index in [0.29, 0.717) is 11.4 Å². The Morgan fingerprint density at radius 3 is 2.31 bits per heavy atom. The van der Waals surface area contributed by atoms with Crippen LogP contribution >= 0.6 is 0 Å². The zero-order valence-corrected chi connectivity index (χ0v) is 17.4. The van der Waals surface area contributed by atoms with Gasteiger partial charge in [0, 0.05) is 38.4 Å². The molecule has 3 rings (SSSR count). The number of hydrogen-bond donors (Lipinski definition) is 1. The number of anilines is 1. The molecule has 1 aliphatic heterocycles. The summed E-state index contributed by atoms with van der Waals surface area (Å²) in [4.78, 5) is 9.21. The first-order chi connectivity index (χ1) is 14.0. The van der Waals surface area contributed by atoms with Crippen molar-refractivity contribution in [3.8, 4) is 0 Å². The van der Waals surface area contributed by atoms with Gasteiger partial charge < -0.3 is 15.1 Å². The molecule has 1 heterocycles. The Hall–Kier alpha value is -2.61. The highest BCUT2D eigenvalue weighted by Crippen LogP contribution is 2.17. The Morgan fingerprint density at radius 1 is 1.03 bits per heavy atom. The molecule has 0 unspecified atom stereocenters. The molecule has 156 valence electrons. The van der Waals surface area contributed by atoms with Crippen molar-refractivity contribution in [1.29, 1.82) is 0 Å². The fourth-order valence-electron chi connectivity index (χ4n) is 3.27. The number of aliphatic imine (C=N–C) groups is 1. The summed E-state index contributed by atoms with van der Waals surface area (Å²) in [5, 5.41) is 3.25. The standard InChI is InChI=1S/C21H27FN4O2S/c1-2-23-21(24-12-17-29(27,28)20-6-4-3-5-7-20)26-15-13-25(14-16-26)19-10-8-18(22)9-11-19/h3-11H,2,12-17H2,1H3,(H,23,24). The Kier molecular flexibility index (Phi) is 7.09. The summed E-state index contributed by atoms with van der Waals surface area (Å²) in [5.41, 5.74) is 1.00. The van der Waals surface area contributed by atoms with Crippen LogP contribution in [0.3, 0.4) is 0 Å². The number of nitrogens with zero attached hydrogens (tertiary/aromatic N) is 3. The minimum Gasteiger partial charge on any atom is -0.368 e. The van der Waals surface area contributed by atoms with Crippen molar-refractivity contribution in [3.63, 3.8) is 0 Å². The van der Waals surface area contributed by atoms with Crippen molar-refractivity contribution >= 4 is 21.5 Å². The summed E-state index contributed by atoms with van der Waals surface area (Å²) in [6, 6.07) is 15.0. The molecule has 29 heavy (non-hydrogen) atoms. The van der Waals surface area contributed by atoms with E-state index in [1.165, 1.54) is 12.1 Å².